The molecule has 0 aromatic heterocycles. The highest BCUT2D eigenvalue weighted by molar-refractivity contribution is 7.99. The maximum Gasteiger partial charge on any atom is 0.0426 e. The lowest BCUT2D eigenvalue weighted by atomic mass is 10.0. The molecule has 1 nitrogen and oxygen atoms in total. The highest BCUT2D eigenvalue weighted by Crippen LogP contribution is 2.37. The maximum atomic E-state index is 3.74. The monoisotopic (exact) mass is 247 g/mol. The van der Waals surface area contributed by atoms with Crippen molar-refractivity contribution >= 4 is 11.8 Å². The Labute approximate surface area is 108 Å². The van der Waals surface area contributed by atoms with E-state index in [1.807, 2.05) is 11.8 Å². The molecular formula is C15H21NS. The Morgan fingerprint density at radius 2 is 2.00 bits per heavy atom. The fourth-order valence-electron chi connectivity index (χ4n) is 3.09. The predicted molar refractivity (Wildman–Crippen MR) is 74.5 cm³/mol. The van der Waals surface area contributed by atoms with Crippen molar-refractivity contribution in [1.82, 2.24) is 5.32 Å². The SMILES string of the molecule is c1ccc2c(c1)SCC2NCCC1CCCC1. The third kappa shape index (κ3) is 2.69. The van der Waals surface area contributed by atoms with Gasteiger partial charge in [-0.15, -0.1) is 11.8 Å². The Kier molecular flexibility index (Phi) is 3.72. The van der Waals surface area contributed by atoms with Crippen molar-refractivity contribution in [3.05, 3.63) is 29.8 Å². The van der Waals surface area contributed by atoms with E-state index in [0.29, 0.717) is 6.04 Å². The van der Waals surface area contributed by atoms with E-state index in [-0.39, 0.29) is 0 Å². The van der Waals surface area contributed by atoms with Crippen LogP contribution < -0.4 is 5.32 Å². The highest BCUT2D eigenvalue weighted by Gasteiger charge is 2.22. The molecule has 0 saturated heterocycles. The number of benzene rings is 1. The Morgan fingerprint density at radius 3 is 2.88 bits per heavy atom. The average Bonchev–Trinajstić information content (AvgIpc) is 2.99. The molecule has 1 aliphatic heterocycles. The van der Waals surface area contributed by atoms with Crippen molar-refractivity contribution in [3.63, 3.8) is 0 Å². The predicted octanol–water partition coefficient (Wildman–Crippen LogP) is 4.00. The first kappa shape index (κ1) is 11.6. The van der Waals surface area contributed by atoms with Gasteiger partial charge < -0.3 is 5.32 Å². The minimum Gasteiger partial charge on any atom is -0.309 e. The van der Waals surface area contributed by atoms with Crippen LogP contribution >= 0.6 is 11.8 Å². The van der Waals surface area contributed by atoms with Crippen LogP contribution in [0.3, 0.4) is 0 Å². The molecule has 0 spiro atoms. The summed E-state index contributed by atoms with van der Waals surface area (Å²) < 4.78 is 0. The molecule has 0 bridgehead atoms. The molecule has 1 N–H and O–H groups in total. The van der Waals surface area contributed by atoms with Crippen LogP contribution in [0.2, 0.25) is 0 Å². The summed E-state index contributed by atoms with van der Waals surface area (Å²) >= 11 is 2.00. The lowest BCUT2D eigenvalue weighted by Crippen LogP contribution is -2.23. The minimum atomic E-state index is 0.595. The van der Waals surface area contributed by atoms with Crippen molar-refractivity contribution in [2.24, 2.45) is 5.92 Å². The number of hydrogen-bond acceptors (Lipinski definition) is 2. The van der Waals surface area contributed by atoms with Crippen molar-refractivity contribution in [2.75, 3.05) is 12.3 Å². The summed E-state index contributed by atoms with van der Waals surface area (Å²) in [6.45, 7) is 1.20. The Balaban J connectivity index is 1.50. The highest BCUT2D eigenvalue weighted by atomic mass is 32.2. The van der Waals surface area contributed by atoms with E-state index in [2.05, 4.69) is 29.6 Å². The fraction of sp³-hybridized carbons (Fsp3) is 0.600. The molecule has 0 amide bonds. The van der Waals surface area contributed by atoms with Crippen LogP contribution in [-0.2, 0) is 0 Å². The number of fused-ring (bicyclic) bond motifs is 1. The van der Waals surface area contributed by atoms with E-state index < -0.39 is 0 Å². The van der Waals surface area contributed by atoms with Gasteiger partial charge in [0.2, 0.25) is 0 Å². The third-order valence-corrected chi connectivity index (χ3v) is 5.30. The zero-order valence-corrected chi connectivity index (χ0v) is 11.1. The summed E-state index contributed by atoms with van der Waals surface area (Å²) in [6.07, 6.45) is 7.25. The Morgan fingerprint density at radius 1 is 1.18 bits per heavy atom. The van der Waals surface area contributed by atoms with Gasteiger partial charge in [0.25, 0.3) is 0 Å². The van der Waals surface area contributed by atoms with Gasteiger partial charge in [0, 0.05) is 16.7 Å². The number of hydrogen-bond donors (Lipinski definition) is 1. The molecule has 2 aliphatic rings. The van der Waals surface area contributed by atoms with Crippen molar-refractivity contribution < 1.29 is 0 Å². The Hall–Kier alpha value is -0.470. The van der Waals surface area contributed by atoms with E-state index in [4.69, 9.17) is 0 Å². The van der Waals surface area contributed by atoms with Crippen LogP contribution in [0.15, 0.2) is 29.2 Å². The molecular weight excluding hydrogens is 226 g/mol. The van der Waals surface area contributed by atoms with Crippen molar-refractivity contribution in [1.29, 1.82) is 0 Å². The van der Waals surface area contributed by atoms with Crippen LogP contribution in [0.1, 0.15) is 43.7 Å². The second-order valence-electron chi connectivity index (χ2n) is 5.29. The van der Waals surface area contributed by atoms with Gasteiger partial charge in [-0.3, -0.25) is 0 Å². The van der Waals surface area contributed by atoms with Crippen LogP contribution in [0.5, 0.6) is 0 Å². The Bertz CT molecular complexity index is 371. The summed E-state index contributed by atoms with van der Waals surface area (Å²) in [5.74, 6) is 2.22. The van der Waals surface area contributed by atoms with Crippen LogP contribution in [0.25, 0.3) is 0 Å². The molecule has 1 unspecified atom stereocenters. The van der Waals surface area contributed by atoms with E-state index in [9.17, 15) is 0 Å². The molecule has 1 fully saturated rings. The van der Waals surface area contributed by atoms with Gasteiger partial charge in [0.15, 0.2) is 0 Å². The minimum absolute atomic E-state index is 0.595. The van der Waals surface area contributed by atoms with Crippen molar-refractivity contribution in [2.45, 2.75) is 43.0 Å². The third-order valence-electron chi connectivity index (χ3n) is 4.12. The first-order valence-corrected chi connectivity index (χ1v) is 7.87. The summed E-state index contributed by atoms with van der Waals surface area (Å²) in [7, 11) is 0. The molecule has 1 aromatic rings. The van der Waals surface area contributed by atoms with E-state index >= 15 is 0 Å². The van der Waals surface area contributed by atoms with E-state index in [1.165, 1.54) is 54.9 Å². The topological polar surface area (TPSA) is 12.0 Å². The van der Waals surface area contributed by atoms with Gasteiger partial charge in [-0.2, -0.15) is 0 Å². The average molecular weight is 247 g/mol. The normalized spacial score (nSPS) is 24.1. The van der Waals surface area contributed by atoms with Crippen LogP contribution in [-0.4, -0.2) is 12.3 Å². The quantitative estimate of drug-likeness (QED) is 0.863. The van der Waals surface area contributed by atoms with E-state index in [0.717, 1.165) is 5.92 Å². The molecule has 1 aromatic carbocycles. The molecule has 2 heteroatoms. The summed E-state index contributed by atoms with van der Waals surface area (Å²) in [5, 5.41) is 3.74. The van der Waals surface area contributed by atoms with E-state index in [1.54, 1.807) is 0 Å². The lowest BCUT2D eigenvalue weighted by molar-refractivity contribution is 0.457. The van der Waals surface area contributed by atoms with Gasteiger partial charge in [0.1, 0.15) is 0 Å². The second-order valence-corrected chi connectivity index (χ2v) is 6.36. The number of rotatable bonds is 4. The number of thioether (sulfide) groups is 1. The molecule has 3 rings (SSSR count). The first-order chi connectivity index (χ1) is 8.43. The van der Waals surface area contributed by atoms with Gasteiger partial charge >= 0.3 is 0 Å². The summed E-state index contributed by atoms with van der Waals surface area (Å²) in [6, 6.07) is 9.43. The van der Waals surface area contributed by atoms with Gasteiger partial charge in [-0.25, -0.2) is 0 Å². The largest absolute Gasteiger partial charge is 0.309 e. The molecule has 1 heterocycles. The van der Waals surface area contributed by atoms with Gasteiger partial charge in [-0.05, 0) is 30.5 Å². The molecule has 1 aliphatic carbocycles. The van der Waals surface area contributed by atoms with Gasteiger partial charge in [0.05, 0.1) is 0 Å². The van der Waals surface area contributed by atoms with Crippen molar-refractivity contribution in [3.8, 4) is 0 Å². The van der Waals surface area contributed by atoms with Gasteiger partial charge in [-0.1, -0.05) is 43.9 Å². The fourth-order valence-corrected chi connectivity index (χ4v) is 4.29. The molecule has 17 heavy (non-hydrogen) atoms. The maximum absolute atomic E-state index is 3.74. The van der Waals surface area contributed by atoms with Crippen LogP contribution in [0, 0.1) is 5.92 Å². The number of nitrogens with one attached hydrogen (secondary N) is 1. The lowest BCUT2D eigenvalue weighted by Gasteiger charge is -2.15. The zero-order chi connectivity index (χ0) is 11.5. The zero-order valence-electron chi connectivity index (χ0n) is 10.3. The summed E-state index contributed by atoms with van der Waals surface area (Å²) in [5.41, 5.74) is 1.52. The molecule has 0 radical (unpaired) electrons. The standard InChI is InChI=1S/C15H21NS/c1-2-6-12(5-1)9-10-16-14-11-17-15-8-4-3-7-13(14)15/h3-4,7-8,12,14,16H,1-2,5-6,9-11H2. The second kappa shape index (κ2) is 5.45. The summed E-state index contributed by atoms with van der Waals surface area (Å²) in [4.78, 5) is 1.48. The molecule has 1 atom stereocenters. The molecule has 92 valence electrons. The van der Waals surface area contributed by atoms with Crippen LogP contribution in [0.4, 0.5) is 0 Å². The molecule has 1 saturated carbocycles. The smallest absolute Gasteiger partial charge is 0.0426 e. The first-order valence-electron chi connectivity index (χ1n) is 6.88.